The van der Waals surface area contributed by atoms with E-state index in [4.69, 9.17) is 9.79 Å². The Kier molecular flexibility index (Phi) is 2.95. The van der Waals surface area contributed by atoms with E-state index < -0.39 is 7.60 Å². The van der Waals surface area contributed by atoms with Gasteiger partial charge in [0.1, 0.15) is 0 Å². The lowest BCUT2D eigenvalue weighted by molar-refractivity contribution is 0.387. The first kappa shape index (κ1) is 11.2. The average Bonchev–Trinajstić information content (AvgIpc) is 2.07. The van der Waals surface area contributed by atoms with E-state index in [0.717, 1.165) is 11.1 Å². The van der Waals surface area contributed by atoms with Gasteiger partial charge in [0.25, 0.3) is 0 Å². The summed E-state index contributed by atoms with van der Waals surface area (Å²) in [5, 5.41) is 0.0978. The lowest BCUT2D eigenvalue weighted by atomic mass is 10.0. The first-order valence-corrected chi connectivity index (χ1v) is 5.78. The lowest BCUT2D eigenvalue weighted by Crippen LogP contribution is -2.10. The molecule has 0 bridgehead atoms. The second kappa shape index (κ2) is 3.70. The Morgan fingerprint density at radius 3 is 2.29 bits per heavy atom. The average molecular weight is 212 g/mol. The molecule has 0 unspecified atom stereocenters. The maximum Gasteiger partial charge on any atom is 0.356 e. The van der Waals surface area contributed by atoms with Crippen molar-refractivity contribution in [2.24, 2.45) is 0 Å². The van der Waals surface area contributed by atoms with E-state index in [-0.39, 0.29) is 5.30 Å². The number of hydrogen-bond acceptors (Lipinski definition) is 1. The highest BCUT2D eigenvalue weighted by molar-refractivity contribution is 7.60. The maximum absolute atomic E-state index is 11.1. The lowest BCUT2D eigenvalue weighted by Gasteiger charge is -2.12. The van der Waals surface area contributed by atoms with Gasteiger partial charge in [0.2, 0.25) is 0 Å². The normalized spacial score (nSPS) is 11.4. The summed E-state index contributed by atoms with van der Waals surface area (Å²) in [6.45, 7) is 7.16. The quantitative estimate of drug-likeness (QED) is 0.734. The summed E-state index contributed by atoms with van der Waals surface area (Å²) >= 11 is 0. The van der Waals surface area contributed by atoms with Crippen molar-refractivity contribution in [2.75, 3.05) is 0 Å². The maximum atomic E-state index is 11.1. The zero-order chi connectivity index (χ0) is 10.9. The van der Waals surface area contributed by atoms with Gasteiger partial charge in [-0.1, -0.05) is 18.7 Å². The van der Waals surface area contributed by atoms with Crippen LogP contribution in [0.15, 0.2) is 18.7 Å². The van der Waals surface area contributed by atoms with Crippen LogP contribution in [-0.2, 0) is 4.57 Å². The fourth-order valence-corrected chi connectivity index (χ4v) is 2.24. The van der Waals surface area contributed by atoms with Gasteiger partial charge in [-0.3, -0.25) is 4.57 Å². The highest BCUT2D eigenvalue weighted by atomic mass is 31.2. The summed E-state index contributed by atoms with van der Waals surface area (Å²) < 4.78 is 11.1. The fourth-order valence-electron chi connectivity index (χ4n) is 1.36. The summed E-state index contributed by atoms with van der Waals surface area (Å²) in [6, 6.07) is 3.13. The highest BCUT2D eigenvalue weighted by Crippen LogP contribution is 2.35. The van der Waals surface area contributed by atoms with Gasteiger partial charge in [0.05, 0.1) is 5.30 Å². The summed E-state index contributed by atoms with van der Waals surface area (Å²) in [5.41, 5.74) is 2.40. The Morgan fingerprint density at radius 2 is 1.86 bits per heavy atom. The van der Waals surface area contributed by atoms with Crippen LogP contribution in [0.1, 0.15) is 16.7 Å². The Labute approximate surface area is 83.3 Å². The third-order valence-electron chi connectivity index (χ3n) is 2.33. The van der Waals surface area contributed by atoms with Gasteiger partial charge in [-0.2, -0.15) is 0 Å². The molecule has 0 saturated heterocycles. The number of hydrogen-bond donors (Lipinski definition) is 2. The van der Waals surface area contributed by atoms with Crippen LogP contribution in [0.25, 0.3) is 6.08 Å². The Hall–Kier alpha value is -0.890. The zero-order valence-corrected chi connectivity index (χ0v) is 9.08. The molecule has 0 spiro atoms. The monoisotopic (exact) mass is 212 g/mol. The molecule has 1 aromatic carbocycles. The molecule has 0 amide bonds. The van der Waals surface area contributed by atoms with Crippen LogP contribution in [0, 0.1) is 13.8 Å². The van der Waals surface area contributed by atoms with Crippen molar-refractivity contribution < 1.29 is 14.4 Å². The molecule has 2 N–H and O–H groups in total. The van der Waals surface area contributed by atoms with Crippen molar-refractivity contribution in [2.45, 2.75) is 13.8 Å². The van der Waals surface area contributed by atoms with Gasteiger partial charge >= 0.3 is 7.60 Å². The molecular formula is C10H13O3P. The van der Waals surface area contributed by atoms with Crippen molar-refractivity contribution >= 4 is 19.0 Å². The molecule has 1 rings (SSSR count). The van der Waals surface area contributed by atoms with Crippen molar-refractivity contribution in [3.8, 4) is 0 Å². The van der Waals surface area contributed by atoms with E-state index in [1.54, 1.807) is 19.1 Å². The third kappa shape index (κ3) is 1.95. The van der Waals surface area contributed by atoms with Crippen LogP contribution < -0.4 is 5.30 Å². The second-order valence-electron chi connectivity index (χ2n) is 3.17. The van der Waals surface area contributed by atoms with Gasteiger partial charge in [0, 0.05) is 0 Å². The molecule has 0 aliphatic rings. The predicted molar refractivity (Wildman–Crippen MR) is 57.7 cm³/mol. The molecule has 0 aliphatic carbocycles. The molecule has 0 aliphatic heterocycles. The van der Waals surface area contributed by atoms with Crippen molar-refractivity contribution in [1.82, 2.24) is 0 Å². The van der Waals surface area contributed by atoms with Crippen LogP contribution in [0.2, 0.25) is 0 Å². The Bertz CT molecular complexity index is 418. The Balaban J connectivity index is 3.46. The molecular weight excluding hydrogens is 199 g/mol. The molecule has 4 heteroatoms. The molecule has 0 heterocycles. The molecule has 0 atom stereocenters. The van der Waals surface area contributed by atoms with Gasteiger partial charge in [-0.15, -0.1) is 0 Å². The summed E-state index contributed by atoms with van der Waals surface area (Å²) in [7, 11) is -4.15. The molecule has 76 valence electrons. The van der Waals surface area contributed by atoms with Gasteiger partial charge in [0.15, 0.2) is 0 Å². The van der Waals surface area contributed by atoms with E-state index >= 15 is 0 Å². The van der Waals surface area contributed by atoms with Crippen LogP contribution in [0.5, 0.6) is 0 Å². The van der Waals surface area contributed by atoms with Crippen LogP contribution in [0.4, 0.5) is 0 Å². The van der Waals surface area contributed by atoms with Gasteiger partial charge < -0.3 is 9.79 Å². The molecule has 0 saturated carbocycles. The summed E-state index contributed by atoms with van der Waals surface area (Å²) in [6.07, 6.45) is 1.67. The van der Waals surface area contributed by atoms with E-state index in [1.807, 2.05) is 6.92 Å². The van der Waals surface area contributed by atoms with Gasteiger partial charge in [-0.25, -0.2) is 0 Å². The van der Waals surface area contributed by atoms with E-state index in [0.29, 0.717) is 5.56 Å². The number of benzene rings is 1. The molecule has 0 aromatic heterocycles. The summed E-state index contributed by atoms with van der Waals surface area (Å²) in [4.78, 5) is 18.1. The standard InChI is InChI=1S/C10H13O3P/c1-4-9-5-6-10(14(11,12)13)8(3)7(9)2/h4-6H,1H2,2-3H3,(H2,11,12,13). The van der Waals surface area contributed by atoms with Crippen LogP contribution in [-0.4, -0.2) is 9.79 Å². The molecule has 0 radical (unpaired) electrons. The molecule has 14 heavy (non-hydrogen) atoms. The number of rotatable bonds is 2. The van der Waals surface area contributed by atoms with E-state index in [9.17, 15) is 4.57 Å². The zero-order valence-electron chi connectivity index (χ0n) is 8.19. The van der Waals surface area contributed by atoms with Crippen molar-refractivity contribution in [1.29, 1.82) is 0 Å². The van der Waals surface area contributed by atoms with Crippen LogP contribution >= 0.6 is 7.60 Å². The SMILES string of the molecule is C=Cc1ccc(P(=O)(O)O)c(C)c1C. The van der Waals surface area contributed by atoms with Crippen LogP contribution in [0.3, 0.4) is 0 Å². The first-order chi connectivity index (χ1) is 6.38. The smallest absolute Gasteiger partial charge is 0.321 e. The highest BCUT2D eigenvalue weighted by Gasteiger charge is 2.20. The molecule has 0 fully saturated rings. The predicted octanol–water partition coefficient (Wildman–Crippen LogP) is 1.75. The topological polar surface area (TPSA) is 57.5 Å². The third-order valence-corrected chi connectivity index (χ3v) is 3.45. The van der Waals surface area contributed by atoms with E-state index in [1.165, 1.54) is 6.07 Å². The Morgan fingerprint density at radius 1 is 1.29 bits per heavy atom. The summed E-state index contributed by atoms with van der Waals surface area (Å²) in [5.74, 6) is 0. The van der Waals surface area contributed by atoms with Gasteiger partial charge in [-0.05, 0) is 36.6 Å². The minimum absolute atomic E-state index is 0.0978. The molecule has 3 nitrogen and oxygen atoms in total. The second-order valence-corrected chi connectivity index (χ2v) is 4.74. The van der Waals surface area contributed by atoms with Crippen molar-refractivity contribution in [3.05, 3.63) is 35.4 Å². The minimum Gasteiger partial charge on any atom is -0.321 e. The minimum atomic E-state index is -4.15. The van der Waals surface area contributed by atoms with E-state index in [2.05, 4.69) is 6.58 Å². The largest absolute Gasteiger partial charge is 0.356 e. The van der Waals surface area contributed by atoms with Crippen molar-refractivity contribution in [3.63, 3.8) is 0 Å². The first-order valence-electron chi connectivity index (χ1n) is 4.16. The molecule has 1 aromatic rings. The fraction of sp³-hybridized carbons (Fsp3) is 0.200.